The number of anilines is 1. The summed E-state index contributed by atoms with van der Waals surface area (Å²) in [4.78, 5) is 14.5. The second kappa shape index (κ2) is 7.99. The predicted octanol–water partition coefficient (Wildman–Crippen LogP) is 5.45. The zero-order chi connectivity index (χ0) is 19.6. The van der Waals surface area contributed by atoms with Gasteiger partial charge in [0.2, 0.25) is 0 Å². The van der Waals surface area contributed by atoms with Crippen molar-refractivity contribution in [2.24, 2.45) is 0 Å². The smallest absolute Gasteiger partial charge is 0.407 e. The third-order valence-electron chi connectivity index (χ3n) is 4.32. The second-order valence-corrected chi connectivity index (χ2v) is 8.62. The summed E-state index contributed by atoms with van der Waals surface area (Å²) in [6.07, 6.45) is 0.383. The Bertz CT molecular complexity index is 833. The summed E-state index contributed by atoms with van der Waals surface area (Å²) in [5.41, 5.74) is 2.92. The molecule has 6 heteroatoms. The number of nitrogens with zero attached hydrogens (tertiary/aromatic N) is 1. The molecule has 3 rings (SSSR count). The zero-order valence-corrected chi connectivity index (χ0v) is 17.3. The molecular formula is C21H24Cl2N2O2. The number of ether oxygens (including phenoxy) is 1. The van der Waals surface area contributed by atoms with Gasteiger partial charge in [-0.05, 0) is 56.5 Å². The average Bonchev–Trinajstić information content (AvgIpc) is 2.56. The number of hydrogen-bond acceptors (Lipinski definition) is 3. The van der Waals surface area contributed by atoms with Crippen molar-refractivity contribution in [3.63, 3.8) is 0 Å². The summed E-state index contributed by atoms with van der Waals surface area (Å²) in [6, 6.07) is 13.9. The number of benzene rings is 2. The molecule has 0 radical (unpaired) electrons. The third kappa shape index (κ3) is 5.30. The van der Waals surface area contributed by atoms with Gasteiger partial charge < -0.3 is 15.0 Å². The first-order valence-electron chi connectivity index (χ1n) is 8.97. The molecule has 1 amide bonds. The summed E-state index contributed by atoms with van der Waals surface area (Å²) in [5, 5.41) is 4.09. The lowest BCUT2D eigenvalue weighted by atomic mass is 9.97. The van der Waals surface area contributed by atoms with E-state index in [0.717, 1.165) is 12.0 Å². The molecule has 1 aliphatic rings. The fourth-order valence-corrected chi connectivity index (χ4v) is 3.59. The molecule has 2 aromatic carbocycles. The molecule has 1 heterocycles. The van der Waals surface area contributed by atoms with Crippen molar-refractivity contribution in [3.8, 4) is 0 Å². The first kappa shape index (κ1) is 19.8. The third-order valence-corrected chi connectivity index (χ3v) is 5.06. The topological polar surface area (TPSA) is 41.6 Å². The van der Waals surface area contributed by atoms with E-state index in [1.165, 1.54) is 11.3 Å². The number of alkyl carbamates (subject to hydrolysis) is 1. The highest BCUT2D eigenvalue weighted by atomic mass is 35.5. The van der Waals surface area contributed by atoms with Crippen molar-refractivity contribution in [2.75, 3.05) is 11.4 Å². The van der Waals surface area contributed by atoms with E-state index in [0.29, 0.717) is 23.1 Å². The Labute approximate surface area is 170 Å². The van der Waals surface area contributed by atoms with Crippen LogP contribution in [-0.2, 0) is 17.7 Å². The Morgan fingerprint density at radius 3 is 2.63 bits per heavy atom. The summed E-state index contributed by atoms with van der Waals surface area (Å²) in [6.45, 7) is 6.95. The second-order valence-electron chi connectivity index (χ2n) is 7.80. The van der Waals surface area contributed by atoms with E-state index in [9.17, 15) is 4.79 Å². The first-order valence-corrected chi connectivity index (χ1v) is 9.73. The van der Waals surface area contributed by atoms with Crippen molar-refractivity contribution in [1.82, 2.24) is 5.32 Å². The van der Waals surface area contributed by atoms with Crippen LogP contribution in [0.4, 0.5) is 10.5 Å². The van der Waals surface area contributed by atoms with Gasteiger partial charge in [0.25, 0.3) is 0 Å². The van der Waals surface area contributed by atoms with Gasteiger partial charge in [-0.2, -0.15) is 0 Å². The number of carbonyl (C=O) groups is 1. The molecule has 144 valence electrons. The minimum Gasteiger partial charge on any atom is -0.444 e. The highest BCUT2D eigenvalue weighted by molar-refractivity contribution is 6.42. The van der Waals surface area contributed by atoms with Crippen LogP contribution in [0.25, 0.3) is 0 Å². The van der Waals surface area contributed by atoms with E-state index in [1.54, 1.807) is 0 Å². The van der Waals surface area contributed by atoms with Crippen LogP contribution < -0.4 is 10.2 Å². The van der Waals surface area contributed by atoms with Crippen molar-refractivity contribution in [1.29, 1.82) is 0 Å². The number of nitrogens with one attached hydrogen (secondary N) is 1. The van der Waals surface area contributed by atoms with Crippen LogP contribution in [0.5, 0.6) is 0 Å². The number of rotatable bonds is 3. The Balaban J connectivity index is 1.78. The molecule has 2 aromatic rings. The molecule has 0 fully saturated rings. The quantitative estimate of drug-likeness (QED) is 0.736. The molecule has 0 saturated heterocycles. The molecule has 1 aliphatic heterocycles. The number of halogens is 2. The van der Waals surface area contributed by atoms with Gasteiger partial charge in [-0.15, -0.1) is 0 Å². The Hall–Kier alpha value is -1.91. The highest BCUT2D eigenvalue weighted by Gasteiger charge is 2.27. The van der Waals surface area contributed by atoms with Crippen molar-refractivity contribution < 1.29 is 9.53 Å². The molecule has 4 nitrogen and oxygen atoms in total. The molecule has 1 N–H and O–H groups in total. The Morgan fingerprint density at radius 1 is 1.19 bits per heavy atom. The van der Waals surface area contributed by atoms with E-state index in [2.05, 4.69) is 22.3 Å². The minimum atomic E-state index is -0.517. The van der Waals surface area contributed by atoms with Crippen molar-refractivity contribution in [2.45, 2.75) is 45.4 Å². The van der Waals surface area contributed by atoms with Crippen LogP contribution in [0.3, 0.4) is 0 Å². The maximum atomic E-state index is 12.2. The average molecular weight is 407 g/mol. The SMILES string of the molecule is CC(C)(C)OC(=O)NC1Cc2ccccc2N(Cc2ccc(Cl)c(Cl)c2)C1. The summed E-state index contributed by atoms with van der Waals surface area (Å²) < 4.78 is 5.41. The molecule has 0 bridgehead atoms. The van der Waals surface area contributed by atoms with Crippen molar-refractivity contribution >= 4 is 35.0 Å². The minimum absolute atomic E-state index is 0.0301. The summed E-state index contributed by atoms with van der Waals surface area (Å²) in [7, 11) is 0. The number of hydrogen-bond donors (Lipinski definition) is 1. The number of amides is 1. The largest absolute Gasteiger partial charge is 0.444 e. The lowest BCUT2D eigenvalue weighted by Crippen LogP contribution is -2.49. The van der Waals surface area contributed by atoms with Crippen LogP contribution in [-0.4, -0.2) is 24.3 Å². The Kier molecular flexibility index (Phi) is 5.87. The van der Waals surface area contributed by atoms with Crippen molar-refractivity contribution in [3.05, 3.63) is 63.6 Å². The van der Waals surface area contributed by atoms with Gasteiger partial charge in [-0.3, -0.25) is 0 Å². The van der Waals surface area contributed by atoms with E-state index in [1.807, 2.05) is 51.1 Å². The van der Waals surface area contributed by atoms with E-state index >= 15 is 0 Å². The fourth-order valence-electron chi connectivity index (χ4n) is 3.27. The number of para-hydroxylation sites is 1. The number of carbonyl (C=O) groups excluding carboxylic acids is 1. The highest BCUT2D eigenvalue weighted by Crippen LogP contribution is 2.30. The van der Waals surface area contributed by atoms with Crippen LogP contribution in [0.1, 0.15) is 31.9 Å². The standard InChI is InChI=1S/C21H24Cl2N2O2/c1-21(2,3)27-20(26)24-16-11-15-6-4-5-7-19(15)25(13-16)12-14-8-9-17(22)18(23)10-14/h4-10,16H,11-13H2,1-3H3,(H,24,26). The fraction of sp³-hybridized carbons (Fsp3) is 0.381. The monoisotopic (exact) mass is 406 g/mol. The molecule has 0 spiro atoms. The van der Waals surface area contributed by atoms with Crippen LogP contribution >= 0.6 is 23.2 Å². The molecular weight excluding hydrogens is 383 g/mol. The summed E-state index contributed by atoms with van der Waals surface area (Å²) >= 11 is 12.2. The molecule has 1 atom stereocenters. The van der Waals surface area contributed by atoms with E-state index < -0.39 is 5.60 Å². The van der Waals surface area contributed by atoms with Crippen LogP contribution in [0.2, 0.25) is 10.0 Å². The van der Waals surface area contributed by atoms with Gasteiger partial charge in [0.15, 0.2) is 0 Å². The lowest BCUT2D eigenvalue weighted by molar-refractivity contribution is 0.0504. The van der Waals surface area contributed by atoms with Gasteiger partial charge in [0.05, 0.1) is 16.1 Å². The maximum Gasteiger partial charge on any atom is 0.407 e. The van der Waals surface area contributed by atoms with Gasteiger partial charge in [0, 0.05) is 18.8 Å². The molecule has 0 aliphatic carbocycles. The maximum absolute atomic E-state index is 12.2. The molecule has 0 saturated carbocycles. The van der Waals surface area contributed by atoms with Gasteiger partial charge in [0.1, 0.15) is 5.60 Å². The van der Waals surface area contributed by atoms with E-state index in [-0.39, 0.29) is 12.1 Å². The Morgan fingerprint density at radius 2 is 1.93 bits per heavy atom. The van der Waals surface area contributed by atoms with Crippen LogP contribution in [0.15, 0.2) is 42.5 Å². The molecule has 0 aromatic heterocycles. The lowest BCUT2D eigenvalue weighted by Gasteiger charge is -2.36. The number of fused-ring (bicyclic) bond motifs is 1. The summed E-state index contributed by atoms with van der Waals surface area (Å²) in [5.74, 6) is 0. The van der Waals surface area contributed by atoms with Gasteiger partial charge in [-0.1, -0.05) is 47.5 Å². The molecule has 27 heavy (non-hydrogen) atoms. The van der Waals surface area contributed by atoms with Gasteiger partial charge >= 0.3 is 6.09 Å². The van der Waals surface area contributed by atoms with E-state index in [4.69, 9.17) is 27.9 Å². The predicted molar refractivity (Wildman–Crippen MR) is 111 cm³/mol. The van der Waals surface area contributed by atoms with Crippen LogP contribution in [0, 0.1) is 0 Å². The zero-order valence-electron chi connectivity index (χ0n) is 15.8. The molecule has 1 unspecified atom stereocenters. The normalized spacial score (nSPS) is 16.6. The van der Waals surface area contributed by atoms with Gasteiger partial charge in [-0.25, -0.2) is 4.79 Å². The first-order chi connectivity index (χ1) is 12.7.